The minimum Gasteiger partial charge on any atom is -0.327 e. The fourth-order valence-corrected chi connectivity index (χ4v) is 6.22. The lowest BCUT2D eigenvalue weighted by molar-refractivity contribution is 0.156. The second-order valence-electron chi connectivity index (χ2n) is 5.74. The summed E-state index contributed by atoms with van der Waals surface area (Å²) in [5.74, 6) is 0. The minimum absolute atomic E-state index is 0.0516. The quantitative estimate of drug-likeness (QED) is 0.874. The number of hydrogen-bond donors (Lipinski definition) is 1. The zero-order valence-electron chi connectivity index (χ0n) is 11.3. The molecule has 2 N–H and O–H groups in total. The molecule has 4 nitrogen and oxygen atoms in total. The third-order valence-electron chi connectivity index (χ3n) is 3.71. The molecular weight excluding hydrogens is 348 g/mol. The largest absolute Gasteiger partial charge is 0.327 e. The Hall–Kier alpha value is 0.0500. The van der Waals surface area contributed by atoms with Crippen LogP contribution in [0.4, 0.5) is 0 Å². The first kappa shape index (κ1) is 15.4. The van der Waals surface area contributed by atoms with Crippen molar-refractivity contribution in [1.29, 1.82) is 0 Å². The Kier molecular flexibility index (Phi) is 4.15. The summed E-state index contributed by atoms with van der Waals surface area (Å²) in [5, 5.41) is 0. The van der Waals surface area contributed by atoms with Crippen molar-refractivity contribution in [2.24, 2.45) is 11.1 Å². The van der Waals surface area contributed by atoms with Crippen LogP contribution in [0.3, 0.4) is 0 Å². The number of nitrogens with zero attached hydrogens (tertiary/aromatic N) is 1. The number of rotatable bonds is 2. The van der Waals surface area contributed by atoms with Crippen LogP contribution in [-0.4, -0.2) is 31.9 Å². The maximum absolute atomic E-state index is 12.6. The highest BCUT2D eigenvalue weighted by molar-refractivity contribution is 9.11. The molecule has 0 aromatic carbocycles. The van der Waals surface area contributed by atoms with Gasteiger partial charge in [-0.25, -0.2) is 8.42 Å². The second-order valence-corrected chi connectivity index (χ2v) is 10.3. The van der Waals surface area contributed by atoms with Crippen LogP contribution in [0.1, 0.15) is 25.8 Å². The minimum atomic E-state index is -3.39. The van der Waals surface area contributed by atoms with Crippen molar-refractivity contribution in [3.05, 3.63) is 15.4 Å². The van der Waals surface area contributed by atoms with Crippen molar-refractivity contribution in [3.8, 4) is 0 Å². The molecule has 0 bridgehead atoms. The van der Waals surface area contributed by atoms with Gasteiger partial charge in [-0.2, -0.15) is 4.31 Å². The molecule has 108 valence electrons. The van der Waals surface area contributed by atoms with E-state index < -0.39 is 10.0 Å². The Balaban J connectivity index is 2.31. The van der Waals surface area contributed by atoms with Crippen LogP contribution < -0.4 is 5.73 Å². The van der Waals surface area contributed by atoms with Crippen molar-refractivity contribution in [1.82, 2.24) is 4.31 Å². The third-order valence-corrected chi connectivity index (χ3v) is 8.14. The van der Waals surface area contributed by atoms with Gasteiger partial charge in [0.25, 0.3) is 10.0 Å². The van der Waals surface area contributed by atoms with Crippen molar-refractivity contribution in [2.75, 3.05) is 13.1 Å². The Morgan fingerprint density at radius 2 is 2.16 bits per heavy atom. The van der Waals surface area contributed by atoms with Gasteiger partial charge in [-0.05, 0) is 46.3 Å². The van der Waals surface area contributed by atoms with Gasteiger partial charge in [0.1, 0.15) is 4.21 Å². The Morgan fingerprint density at radius 1 is 1.53 bits per heavy atom. The van der Waals surface area contributed by atoms with Gasteiger partial charge in [0.05, 0.1) is 3.79 Å². The van der Waals surface area contributed by atoms with E-state index in [1.54, 1.807) is 10.4 Å². The van der Waals surface area contributed by atoms with E-state index in [0.29, 0.717) is 23.7 Å². The Labute approximate surface area is 127 Å². The van der Waals surface area contributed by atoms with E-state index in [0.717, 1.165) is 9.35 Å². The van der Waals surface area contributed by atoms with Gasteiger partial charge in [0, 0.05) is 19.1 Å². The molecule has 1 atom stereocenters. The van der Waals surface area contributed by atoms with Crippen molar-refractivity contribution in [3.63, 3.8) is 0 Å². The number of sulfonamides is 1. The highest BCUT2D eigenvalue weighted by Gasteiger charge is 2.39. The standard InChI is InChI=1S/C12H19BrN2O2S2/c1-8-6-10(18-11(8)13)19(16,17)15-5-4-9(14)12(2,3)7-15/h6,9H,4-5,7,14H2,1-3H3. The van der Waals surface area contributed by atoms with E-state index in [9.17, 15) is 8.42 Å². The van der Waals surface area contributed by atoms with Gasteiger partial charge in [0.2, 0.25) is 0 Å². The van der Waals surface area contributed by atoms with Gasteiger partial charge < -0.3 is 5.73 Å². The lowest BCUT2D eigenvalue weighted by Gasteiger charge is -2.41. The van der Waals surface area contributed by atoms with E-state index in [2.05, 4.69) is 15.9 Å². The molecule has 2 rings (SSSR count). The van der Waals surface area contributed by atoms with Crippen LogP contribution >= 0.6 is 27.3 Å². The highest BCUT2D eigenvalue weighted by atomic mass is 79.9. The Morgan fingerprint density at radius 3 is 2.63 bits per heavy atom. The topological polar surface area (TPSA) is 63.4 Å². The molecule has 1 aliphatic rings. The number of thiophene rings is 1. The number of aryl methyl sites for hydroxylation is 1. The summed E-state index contributed by atoms with van der Waals surface area (Å²) >= 11 is 4.65. The monoisotopic (exact) mass is 366 g/mol. The smallest absolute Gasteiger partial charge is 0.252 e. The molecule has 0 saturated carbocycles. The average molecular weight is 367 g/mol. The predicted molar refractivity (Wildman–Crippen MR) is 81.9 cm³/mol. The molecule has 19 heavy (non-hydrogen) atoms. The molecule has 1 aromatic rings. The van der Waals surface area contributed by atoms with Gasteiger partial charge in [-0.3, -0.25) is 0 Å². The SMILES string of the molecule is Cc1cc(S(=O)(=O)N2CCC(N)C(C)(C)C2)sc1Br. The normalized spacial score (nSPS) is 24.6. The van der Waals surface area contributed by atoms with E-state index in [-0.39, 0.29) is 11.5 Å². The molecule has 0 aliphatic carbocycles. The van der Waals surface area contributed by atoms with Crippen LogP contribution in [0.25, 0.3) is 0 Å². The first-order valence-corrected chi connectivity index (χ1v) is 9.21. The second kappa shape index (κ2) is 5.11. The maximum atomic E-state index is 12.6. The van der Waals surface area contributed by atoms with Gasteiger partial charge in [-0.15, -0.1) is 11.3 Å². The van der Waals surface area contributed by atoms with E-state index >= 15 is 0 Å². The molecule has 0 radical (unpaired) electrons. The fourth-order valence-electron chi connectivity index (χ4n) is 2.22. The molecule has 2 heterocycles. The summed E-state index contributed by atoms with van der Waals surface area (Å²) in [6.07, 6.45) is 0.706. The molecule has 1 aromatic heterocycles. The van der Waals surface area contributed by atoms with Gasteiger partial charge in [-0.1, -0.05) is 13.8 Å². The molecule has 1 aliphatic heterocycles. The van der Waals surface area contributed by atoms with Crippen LogP contribution in [0.15, 0.2) is 14.1 Å². The Bertz CT molecular complexity index is 561. The molecule has 1 fully saturated rings. The number of nitrogens with two attached hydrogens (primary N) is 1. The van der Waals surface area contributed by atoms with Crippen molar-refractivity contribution >= 4 is 37.3 Å². The lowest BCUT2D eigenvalue weighted by atomic mass is 9.81. The van der Waals surface area contributed by atoms with Crippen molar-refractivity contribution < 1.29 is 8.42 Å². The van der Waals surface area contributed by atoms with Crippen LogP contribution in [0.2, 0.25) is 0 Å². The fraction of sp³-hybridized carbons (Fsp3) is 0.667. The van der Waals surface area contributed by atoms with E-state index in [4.69, 9.17) is 5.73 Å². The summed E-state index contributed by atoms with van der Waals surface area (Å²) in [4.78, 5) is 0. The maximum Gasteiger partial charge on any atom is 0.252 e. The van der Waals surface area contributed by atoms with E-state index in [1.807, 2.05) is 20.8 Å². The predicted octanol–water partition coefficient (Wildman–Crippen LogP) is 2.57. The van der Waals surface area contributed by atoms with Crippen molar-refractivity contribution in [2.45, 2.75) is 37.4 Å². The first-order valence-electron chi connectivity index (χ1n) is 6.16. The summed E-state index contributed by atoms with van der Waals surface area (Å²) in [5.41, 5.74) is 6.83. The molecule has 0 spiro atoms. The number of piperidine rings is 1. The molecule has 7 heteroatoms. The summed E-state index contributed by atoms with van der Waals surface area (Å²) < 4.78 is 28.1. The van der Waals surface area contributed by atoms with Gasteiger partial charge >= 0.3 is 0 Å². The van der Waals surface area contributed by atoms with E-state index in [1.165, 1.54) is 11.3 Å². The highest BCUT2D eigenvalue weighted by Crippen LogP contribution is 2.36. The summed E-state index contributed by atoms with van der Waals surface area (Å²) in [6.45, 7) is 6.92. The zero-order chi connectivity index (χ0) is 14.4. The first-order chi connectivity index (χ1) is 8.64. The van der Waals surface area contributed by atoms with Crippen LogP contribution in [0, 0.1) is 12.3 Å². The molecular formula is C12H19BrN2O2S2. The average Bonchev–Trinajstić information content (AvgIpc) is 2.63. The lowest BCUT2D eigenvalue weighted by Crippen LogP contribution is -2.53. The zero-order valence-corrected chi connectivity index (χ0v) is 14.5. The molecule has 1 saturated heterocycles. The van der Waals surface area contributed by atoms with Crippen LogP contribution in [0.5, 0.6) is 0 Å². The summed E-state index contributed by atoms with van der Waals surface area (Å²) in [6, 6.07) is 1.78. The van der Waals surface area contributed by atoms with Gasteiger partial charge in [0.15, 0.2) is 0 Å². The number of hydrogen-bond acceptors (Lipinski definition) is 4. The third kappa shape index (κ3) is 2.90. The molecule has 1 unspecified atom stereocenters. The van der Waals surface area contributed by atoms with Crippen LogP contribution in [-0.2, 0) is 10.0 Å². The molecule has 0 amide bonds. The summed E-state index contributed by atoms with van der Waals surface area (Å²) in [7, 11) is -3.39. The number of halogens is 1.